The molecule has 0 aliphatic heterocycles. The minimum atomic E-state index is -1.04. The highest BCUT2D eigenvalue weighted by atomic mass is 127. The van der Waals surface area contributed by atoms with E-state index in [0.717, 1.165) is 14.9 Å². The van der Waals surface area contributed by atoms with Gasteiger partial charge in [-0.1, -0.05) is 6.07 Å². The van der Waals surface area contributed by atoms with Crippen LogP contribution < -0.4 is 0 Å². The number of hydrogen-bond donors (Lipinski definition) is 1. The van der Waals surface area contributed by atoms with E-state index in [1.807, 2.05) is 0 Å². The number of nitrogens with zero attached hydrogens (tertiary/aromatic N) is 2. The van der Waals surface area contributed by atoms with Crippen LogP contribution in [0.4, 0.5) is 4.39 Å². The fourth-order valence-electron chi connectivity index (χ4n) is 2.08. The summed E-state index contributed by atoms with van der Waals surface area (Å²) >= 11 is 3.21. The van der Waals surface area contributed by atoms with Crippen LogP contribution in [0.2, 0.25) is 0 Å². The number of aromatic nitrogens is 2. The number of carboxylic acids is 1. The Bertz CT molecular complexity index is 812. The SMILES string of the molecule is O=C(O)c1sc2cccc(F)c2c1Cn1cc(I)cn1. The fraction of sp³-hybridized carbons (Fsp3) is 0.0769. The number of fused-ring (bicyclic) bond motifs is 1. The van der Waals surface area contributed by atoms with Gasteiger partial charge in [-0.2, -0.15) is 5.10 Å². The molecule has 3 rings (SSSR count). The summed E-state index contributed by atoms with van der Waals surface area (Å²) in [7, 11) is 0. The van der Waals surface area contributed by atoms with E-state index in [-0.39, 0.29) is 11.4 Å². The summed E-state index contributed by atoms with van der Waals surface area (Å²) in [6, 6.07) is 4.66. The van der Waals surface area contributed by atoms with Gasteiger partial charge in [-0.25, -0.2) is 9.18 Å². The van der Waals surface area contributed by atoms with E-state index in [9.17, 15) is 14.3 Å². The first-order valence-corrected chi connectivity index (χ1v) is 7.57. The van der Waals surface area contributed by atoms with Crippen LogP contribution in [0.15, 0.2) is 30.6 Å². The number of thiophene rings is 1. The predicted octanol–water partition coefficient (Wildman–Crippen LogP) is 3.59. The molecule has 0 saturated carbocycles. The van der Waals surface area contributed by atoms with Gasteiger partial charge in [0.2, 0.25) is 0 Å². The maximum absolute atomic E-state index is 14.0. The standard InChI is InChI=1S/C13H8FIN2O2S/c14-9-2-1-3-10-11(9)8(12(20-10)13(18)19)6-17-5-7(15)4-16-17/h1-5H,6H2,(H,18,19). The molecule has 4 nitrogen and oxygen atoms in total. The molecule has 20 heavy (non-hydrogen) atoms. The van der Waals surface area contributed by atoms with Crippen molar-refractivity contribution in [2.75, 3.05) is 0 Å². The Kier molecular flexibility index (Phi) is 3.47. The zero-order valence-corrected chi connectivity index (χ0v) is 13.0. The highest BCUT2D eigenvalue weighted by Gasteiger charge is 2.20. The van der Waals surface area contributed by atoms with Crippen LogP contribution in [0.3, 0.4) is 0 Å². The second kappa shape index (κ2) is 5.13. The fourth-order valence-corrected chi connectivity index (χ4v) is 3.59. The van der Waals surface area contributed by atoms with Gasteiger partial charge in [0.1, 0.15) is 10.7 Å². The lowest BCUT2D eigenvalue weighted by atomic mass is 10.1. The van der Waals surface area contributed by atoms with Gasteiger partial charge < -0.3 is 5.11 Å². The maximum atomic E-state index is 14.0. The summed E-state index contributed by atoms with van der Waals surface area (Å²) in [5, 5.41) is 13.8. The summed E-state index contributed by atoms with van der Waals surface area (Å²) in [6.45, 7) is 0.242. The second-order valence-electron chi connectivity index (χ2n) is 4.18. The summed E-state index contributed by atoms with van der Waals surface area (Å²) in [5.74, 6) is -1.44. The minimum absolute atomic E-state index is 0.163. The normalized spacial score (nSPS) is 11.1. The zero-order valence-electron chi connectivity index (χ0n) is 10.0. The number of hydrogen-bond acceptors (Lipinski definition) is 3. The third kappa shape index (κ3) is 2.31. The maximum Gasteiger partial charge on any atom is 0.346 e. The number of carboxylic acid groups (broad SMARTS) is 1. The third-order valence-corrected chi connectivity index (χ3v) is 4.62. The van der Waals surface area contributed by atoms with Gasteiger partial charge in [-0.3, -0.25) is 4.68 Å². The predicted molar refractivity (Wildman–Crippen MR) is 82.8 cm³/mol. The number of carbonyl (C=O) groups is 1. The van der Waals surface area contributed by atoms with Crippen LogP contribution in [-0.4, -0.2) is 20.9 Å². The van der Waals surface area contributed by atoms with Gasteiger partial charge in [-0.15, -0.1) is 11.3 Å². The first-order chi connectivity index (χ1) is 9.56. The van der Waals surface area contributed by atoms with Gasteiger partial charge >= 0.3 is 5.97 Å². The first-order valence-electron chi connectivity index (χ1n) is 5.67. The summed E-state index contributed by atoms with van der Waals surface area (Å²) in [6.07, 6.45) is 3.46. The van der Waals surface area contributed by atoms with Gasteiger partial charge in [0.25, 0.3) is 0 Å². The second-order valence-corrected chi connectivity index (χ2v) is 6.48. The largest absolute Gasteiger partial charge is 0.477 e. The molecule has 0 unspecified atom stereocenters. The number of benzene rings is 1. The van der Waals surface area contributed by atoms with Crippen LogP contribution in [-0.2, 0) is 6.54 Å². The molecular formula is C13H8FIN2O2S. The number of aromatic carboxylic acids is 1. The van der Waals surface area contributed by atoms with Crippen LogP contribution in [0.25, 0.3) is 10.1 Å². The molecule has 0 spiro atoms. The van der Waals surface area contributed by atoms with E-state index in [0.29, 0.717) is 15.6 Å². The van der Waals surface area contributed by atoms with E-state index in [1.54, 1.807) is 29.2 Å². The van der Waals surface area contributed by atoms with Crippen molar-refractivity contribution in [1.29, 1.82) is 0 Å². The Morgan fingerprint density at radius 1 is 1.50 bits per heavy atom. The number of rotatable bonds is 3. The molecule has 0 radical (unpaired) electrons. The van der Waals surface area contributed by atoms with Gasteiger partial charge in [0.05, 0.1) is 16.3 Å². The van der Waals surface area contributed by atoms with E-state index in [1.165, 1.54) is 6.07 Å². The van der Waals surface area contributed by atoms with Crippen LogP contribution in [0.5, 0.6) is 0 Å². The Balaban J connectivity index is 2.20. The molecule has 3 aromatic rings. The van der Waals surface area contributed by atoms with Crippen molar-refractivity contribution in [3.05, 3.63) is 50.4 Å². The molecule has 1 N–H and O–H groups in total. The van der Waals surface area contributed by atoms with Crippen molar-refractivity contribution in [3.8, 4) is 0 Å². The molecule has 2 heterocycles. The number of halogens is 2. The molecule has 102 valence electrons. The first kappa shape index (κ1) is 13.5. The van der Waals surface area contributed by atoms with Crippen molar-refractivity contribution >= 4 is 50.0 Å². The molecule has 0 bridgehead atoms. The third-order valence-electron chi connectivity index (χ3n) is 2.88. The molecule has 0 aliphatic rings. The summed E-state index contributed by atoms with van der Waals surface area (Å²) < 4.78 is 17.2. The Morgan fingerprint density at radius 2 is 2.30 bits per heavy atom. The summed E-state index contributed by atoms with van der Waals surface area (Å²) in [5.41, 5.74) is 0.468. The van der Waals surface area contributed by atoms with Crippen molar-refractivity contribution < 1.29 is 14.3 Å². The van der Waals surface area contributed by atoms with E-state index >= 15 is 0 Å². The topological polar surface area (TPSA) is 55.1 Å². The van der Waals surface area contributed by atoms with Crippen molar-refractivity contribution in [3.63, 3.8) is 0 Å². The Labute approximate surface area is 131 Å². The highest BCUT2D eigenvalue weighted by molar-refractivity contribution is 14.1. The van der Waals surface area contributed by atoms with Gasteiger partial charge in [0, 0.05) is 21.8 Å². The van der Waals surface area contributed by atoms with Crippen LogP contribution in [0.1, 0.15) is 15.2 Å². The average molecular weight is 402 g/mol. The molecule has 0 aliphatic carbocycles. The minimum Gasteiger partial charge on any atom is -0.477 e. The Hall–Kier alpha value is -1.48. The molecule has 1 aromatic carbocycles. The van der Waals surface area contributed by atoms with E-state index in [2.05, 4.69) is 27.7 Å². The molecule has 7 heteroatoms. The van der Waals surface area contributed by atoms with Crippen LogP contribution >= 0.6 is 33.9 Å². The molecule has 2 aromatic heterocycles. The Morgan fingerprint density at radius 3 is 2.95 bits per heavy atom. The van der Waals surface area contributed by atoms with Crippen molar-refractivity contribution in [2.24, 2.45) is 0 Å². The van der Waals surface area contributed by atoms with Crippen molar-refractivity contribution in [2.45, 2.75) is 6.54 Å². The van der Waals surface area contributed by atoms with Crippen molar-refractivity contribution in [1.82, 2.24) is 9.78 Å². The van der Waals surface area contributed by atoms with E-state index in [4.69, 9.17) is 0 Å². The highest BCUT2D eigenvalue weighted by Crippen LogP contribution is 2.33. The van der Waals surface area contributed by atoms with Gasteiger partial charge in [-0.05, 0) is 34.7 Å². The molecular weight excluding hydrogens is 394 g/mol. The lowest BCUT2D eigenvalue weighted by Crippen LogP contribution is -2.05. The molecule has 0 amide bonds. The molecule has 0 saturated heterocycles. The monoisotopic (exact) mass is 402 g/mol. The zero-order chi connectivity index (χ0) is 14.3. The van der Waals surface area contributed by atoms with E-state index < -0.39 is 11.8 Å². The lowest BCUT2D eigenvalue weighted by Gasteiger charge is -2.03. The lowest BCUT2D eigenvalue weighted by molar-refractivity contribution is 0.0701. The smallest absolute Gasteiger partial charge is 0.346 e. The van der Waals surface area contributed by atoms with Gasteiger partial charge in [0.15, 0.2) is 0 Å². The molecule has 0 fully saturated rings. The van der Waals surface area contributed by atoms with Crippen LogP contribution in [0, 0.1) is 9.39 Å². The molecule has 0 atom stereocenters. The summed E-state index contributed by atoms with van der Waals surface area (Å²) in [4.78, 5) is 11.5. The quantitative estimate of drug-likeness (QED) is 0.682. The average Bonchev–Trinajstić information content (AvgIpc) is 2.95.